The van der Waals surface area contributed by atoms with E-state index in [0.717, 1.165) is 10.0 Å². The molecule has 1 nitrogen and oxygen atoms in total. The van der Waals surface area contributed by atoms with Crippen LogP contribution in [0.5, 0.6) is 5.75 Å². The number of aromatic hydroxyl groups is 1. The molecular formula is C14H19BrO. The molecule has 0 aliphatic heterocycles. The molecule has 0 saturated heterocycles. The predicted octanol–water partition coefficient (Wildman–Crippen LogP) is 4.94. The van der Waals surface area contributed by atoms with Crippen LogP contribution in [-0.4, -0.2) is 5.11 Å². The minimum atomic E-state index is 0.443. The molecule has 2 heteroatoms. The molecule has 0 radical (unpaired) electrons. The first-order chi connectivity index (χ1) is 7.59. The van der Waals surface area contributed by atoms with Crippen LogP contribution in [0.1, 0.15) is 62.5 Å². The number of phenols is 1. The fourth-order valence-corrected chi connectivity index (χ4v) is 3.42. The number of benzene rings is 1. The van der Waals surface area contributed by atoms with E-state index in [2.05, 4.69) is 35.8 Å². The molecule has 2 rings (SSSR count). The molecule has 1 aliphatic rings. The first kappa shape index (κ1) is 12.0. The smallest absolute Gasteiger partial charge is 0.119 e. The van der Waals surface area contributed by atoms with E-state index < -0.39 is 0 Å². The molecule has 0 heterocycles. The predicted molar refractivity (Wildman–Crippen MR) is 71.1 cm³/mol. The number of hydrogen-bond donors (Lipinski definition) is 1. The molecule has 1 aromatic carbocycles. The molecule has 1 aliphatic carbocycles. The highest BCUT2D eigenvalue weighted by Crippen LogP contribution is 2.41. The van der Waals surface area contributed by atoms with Crippen LogP contribution in [0.3, 0.4) is 0 Å². The summed E-state index contributed by atoms with van der Waals surface area (Å²) in [7, 11) is 0. The van der Waals surface area contributed by atoms with E-state index in [-0.39, 0.29) is 0 Å². The van der Waals surface area contributed by atoms with Crippen molar-refractivity contribution in [3.05, 3.63) is 27.7 Å². The molecule has 0 unspecified atom stereocenters. The standard InChI is InChI=1S/C14H19BrO/c1-9(2)11-8-14(16)12(7-13(11)15)10-5-3-4-6-10/h7-10,16H,3-6H2,1-2H3. The lowest BCUT2D eigenvalue weighted by molar-refractivity contribution is 0.459. The molecule has 0 spiro atoms. The van der Waals surface area contributed by atoms with Gasteiger partial charge in [0.1, 0.15) is 5.75 Å². The summed E-state index contributed by atoms with van der Waals surface area (Å²) in [4.78, 5) is 0. The average molecular weight is 283 g/mol. The minimum absolute atomic E-state index is 0.443. The summed E-state index contributed by atoms with van der Waals surface area (Å²) >= 11 is 3.62. The topological polar surface area (TPSA) is 20.2 Å². The van der Waals surface area contributed by atoms with Crippen LogP contribution in [0.4, 0.5) is 0 Å². The van der Waals surface area contributed by atoms with E-state index in [0.29, 0.717) is 17.6 Å². The van der Waals surface area contributed by atoms with Crippen molar-refractivity contribution in [2.45, 2.75) is 51.4 Å². The van der Waals surface area contributed by atoms with E-state index in [4.69, 9.17) is 0 Å². The van der Waals surface area contributed by atoms with E-state index in [1.165, 1.54) is 31.2 Å². The fraction of sp³-hybridized carbons (Fsp3) is 0.571. The second-order valence-corrected chi connectivity index (χ2v) is 5.92. The number of phenolic OH excluding ortho intramolecular Hbond substituents is 1. The number of rotatable bonds is 2. The highest BCUT2D eigenvalue weighted by molar-refractivity contribution is 9.10. The Morgan fingerprint density at radius 3 is 2.44 bits per heavy atom. The van der Waals surface area contributed by atoms with Crippen molar-refractivity contribution < 1.29 is 5.11 Å². The van der Waals surface area contributed by atoms with Gasteiger partial charge >= 0.3 is 0 Å². The van der Waals surface area contributed by atoms with Crippen LogP contribution in [-0.2, 0) is 0 Å². The number of halogens is 1. The lowest BCUT2D eigenvalue weighted by atomic mass is 9.93. The van der Waals surface area contributed by atoms with Gasteiger partial charge in [0.15, 0.2) is 0 Å². The Morgan fingerprint density at radius 1 is 1.25 bits per heavy atom. The molecule has 1 aromatic rings. The lowest BCUT2D eigenvalue weighted by Gasteiger charge is -2.16. The summed E-state index contributed by atoms with van der Waals surface area (Å²) in [5.74, 6) is 1.49. The van der Waals surface area contributed by atoms with Gasteiger partial charge in [0.2, 0.25) is 0 Å². The highest BCUT2D eigenvalue weighted by atomic mass is 79.9. The first-order valence-corrected chi connectivity index (χ1v) is 6.91. The van der Waals surface area contributed by atoms with Crippen molar-refractivity contribution in [3.8, 4) is 5.75 Å². The van der Waals surface area contributed by atoms with Crippen LogP contribution >= 0.6 is 15.9 Å². The van der Waals surface area contributed by atoms with Gasteiger partial charge in [0, 0.05) is 4.47 Å². The maximum absolute atomic E-state index is 10.1. The molecule has 88 valence electrons. The Labute approximate surface area is 106 Å². The summed E-state index contributed by atoms with van der Waals surface area (Å²) in [6, 6.07) is 4.06. The molecule has 0 amide bonds. The zero-order valence-electron chi connectivity index (χ0n) is 9.96. The quantitative estimate of drug-likeness (QED) is 0.815. The van der Waals surface area contributed by atoms with Crippen LogP contribution < -0.4 is 0 Å². The Morgan fingerprint density at radius 2 is 1.88 bits per heavy atom. The van der Waals surface area contributed by atoms with Crippen LogP contribution in [0.25, 0.3) is 0 Å². The van der Waals surface area contributed by atoms with Gasteiger partial charge in [-0.1, -0.05) is 42.6 Å². The lowest BCUT2D eigenvalue weighted by Crippen LogP contribution is -1.97. The SMILES string of the molecule is CC(C)c1cc(O)c(C2CCCC2)cc1Br. The largest absolute Gasteiger partial charge is 0.508 e. The van der Waals surface area contributed by atoms with Gasteiger partial charge in [0.25, 0.3) is 0 Å². The Balaban J connectivity index is 2.37. The molecular weight excluding hydrogens is 264 g/mol. The molecule has 0 bridgehead atoms. The Kier molecular flexibility index (Phi) is 3.58. The fourth-order valence-electron chi connectivity index (χ4n) is 2.60. The molecule has 16 heavy (non-hydrogen) atoms. The van der Waals surface area contributed by atoms with Gasteiger partial charge in [-0.25, -0.2) is 0 Å². The Bertz CT molecular complexity index is 379. The molecule has 0 aromatic heterocycles. The van der Waals surface area contributed by atoms with Crippen molar-refractivity contribution in [3.63, 3.8) is 0 Å². The molecule has 1 saturated carbocycles. The summed E-state index contributed by atoms with van der Waals surface area (Å²) in [5.41, 5.74) is 2.33. The normalized spacial score (nSPS) is 17.2. The second-order valence-electron chi connectivity index (χ2n) is 5.07. The highest BCUT2D eigenvalue weighted by Gasteiger charge is 2.21. The molecule has 1 fully saturated rings. The Hall–Kier alpha value is -0.500. The maximum atomic E-state index is 10.1. The van der Waals surface area contributed by atoms with Crippen molar-refractivity contribution in [1.82, 2.24) is 0 Å². The molecule has 1 N–H and O–H groups in total. The third-order valence-corrected chi connectivity index (χ3v) is 4.25. The molecule has 0 atom stereocenters. The zero-order chi connectivity index (χ0) is 11.7. The van der Waals surface area contributed by atoms with E-state index in [1.54, 1.807) is 0 Å². The van der Waals surface area contributed by atoms with Crippen molar-refractivity contribution >= 4 is 15.9 Å². The van der Waals surface area contributed by atoms with E-state index in [9.17, 15) is 5.11 Å². The maximum Gasteiger partial charge on any atom is 0.119 e. The summed E-state index contributed by atoms with van der Waals surface area (Å²) in [6.45, 7) is 4.30. The van der Waals surface area contributed by atoms with Gasteiger partial charge in [-0.3, -0.25) is 0 Å². The van der Waals surface area contributed by atoms with E-state index >= 15 is 0 Å². The third-order valence-electron chi connectivity index (χ3n) is 3.56. The summed E-state index contributed by atoms with van der Waals surface area (Å²) < 4.78 is 1.14. The number of hydrogen-bond acceptors (Lipinski definition) is 1. The van der Waals surface area contributed by atoms with Gasteiger partial charge in [-0.15, -0.1) is 0 Å². The van der Waals surface area contributed by atoms with Crippen LogP contribution in [0.2, 0.25) is 0 Å². The van der Waals surface area contributed by atoms with Crippen LogP contribution in [0.15, 0.2) is 16.6 Å². The van der Waals surface area contributed by atoms with Crippen molar-refractivity contribution in [2.24, 2.45) is 0 Å². The average Bonchev–Trinajstić information content (AvgIpc) is 2.73. The first-order valence-electron chi connectivity index (χ1n) is 6.12. The van der Waals surface area contributed by atoms with Gasteiger partial charge < -0.3 is 5.11 Å². The summed E-state index contributed by atoms with van der Waals surface area (Å²) in [5, 5.41) is 10.1. The third kappa shape index (κ3) is 2.27. The van der Waals surface area contributed by atoms with Gasteiger partial charge in [-0.05, 0) is 47.9 Å². The monoisotopic (exact) mass is 282 g/mol. The second kappa shape index (κ2) is 4.79. The zero-order valence-corrected chi connectivity index (χ0v) is 11.5. The van der Waals surface area contributed by atoms with Crippen molar-refractivity contribution in [2.75, 3.05) is 0 Å². The van der Waals surface area contributed by atoms with Crippen molar-refractivity contribution in [1.29, 1.82) is 0 Å². The van der Waals surface area contributed by atoms with E-state index in [1.807, 2.05) is 6.07 Å². The van der Waals surface area contributed by atoms with Crippen LogP contribution in [0, 0.1) is 0 Å². The van der Waals surface area contributed by atoms with Gasteiger partial charge in [0.05, 0.1) is 0 Å². The van der Waals surface area contributed by atoms with Gasteiger partial charge in [-0.2, -0.15) is 0 Å². The minimum Gasteiger partial charge on any atom is -0.508 e. The summed E-state index contributed by atoms with van der Waals surface area (Å²) in [6.07, 6.45) is 5.05.